The van der Waals surface area contributed by atoms with Crippen LogP contribution in [0.1, 0.15) is 11.3 Å². The summed E-state index contributed by atoms with van der Waals surface area (Å²) >= 11 is 7.99. The third-order valence-electron chi connectivity index (χ3n) is 5.27. The van der Waals surface area contributed by atoms with E-state index < -0.39 is 10.3 Å². The van der Waals surface area contributed by atoms with Crippen molar-refractivity contribution in [1.82, 2.24) is 15.0 Å². The van der Waals surface area contributed by atoms with E-state index in [9.17, 15) is 8.42 Å². The van der Waals surface area contributed by atoms with E-state index in [4.69, 9.17) is 21.5 Å². The number of hydrogen-bond donors (Lipinski definition) is 2. The van der Waals surface area contributed by atoms with Gasteiger partial charge in [-0.1, -0.05) is 29.8 Å². The molecule has 0 aliphatic heterocycles. The van der Waals surface area contributed by atoms with Gasteiger partial charge in [-0.3, -0.25) is 9.17 Å². The van der Waals surface area contributed by atoms with E-state index in [1.54, 1.807) is 18.3 Å². The van der Waals surface area contributed by atoms with Crippen molar-refractivity contribution >= 4 is 65.0 Å². The minimum atomic E-state index is -3.96. The molecule has 2 aromatic carbocycles. The highest BCUT2D eigenvalue weighted by atomic mass is 35.5. The second-order valence-electron chi connectivity index (χ2n) is 7.78. The first kappa shape index (κ1) is 24.3. The van der Waals surface area contributed by atoms with Gasteiger partial charge in [0.2, 0.25) is 0 Å². The molecule has 0 spiro atoms. The van der Waals surface area contributed by atoms with Gasteiger partial charge in [0.25, 0.3) is 0 Å². The van der Waals surface area contributed by atoms with Crippen LogP contribution in [0.15, 0.2) is 67.1 Å². The van der Waals surface area contributed by atoms with Crippen LogP contribution in [-0.2, 0) is 27.5 Å². The normalized spacial score (nSPS) is 11.7. The van der Waals surface area contributed by atoms with Crippen LogP contribution in [0.5, 0.6) is 5.75 Å². The Morgan fingerprint density at radius 3 is 2.72 bits per heavy atom. The predicted molar refractivity (Wildman–Crippen MR) is 141 cm³/mol. The van der Waals surface area contributed by atoms with Crippen molar-refractivity contribution in [2.75, 3.05) is 11.9 Å². The summed E-state index contributed by atoms with van der Waals surface area (Å²) in [4.78, 5) is 13.9. The van der Waals surface area contributed by atoms with Crippen LogP contribution in [0.25, 0.3) is 20.3 Å². The Morgan fingerprint density at radius 1 is 1.06 bits per heavy atom. The van der Waals surface area contributed by atoms with Crippen molar-refractivity contribution in [2.45, 2.75) is 13.0 Å². The molecule has 36 heavy (non-hydrogen) atoms. The molecule has 0 aliphatic rings. The number of anilines is 2. The standard InChI is InChI=1S/C24H20ClN5O4S2/c25-19-12-16(5-7-20(19)33-13-17-3-1-2-9-27-17)30-23-22-18-6-4-15(8-10-34-36(26,31)32)11-21(18)35-24(22)29-14-28-23/h1-7,9,11-12,14H,8,10,13H2,(H2,26,31,32)(H,28,29,30). The SMILES string of the molecule is NS(=O)(=O)OCCc1ccc2c(c1)sc1ncnc(Nc3ccc(OCc4ccccn4)c(Cl)c3)c12. The third kappa shape index (κ3) is 5.72. The van der Waals surface area contributed by atoms with Gasteiger partial charge in [-0.2, -0.15) is 8.42 Å². The van der Waals surface area contributed by atoms with Gasteiger partial charge < -0.3 is 10.1 Å². The summed E-state index contributed by atoms with van der Waals surface area (Å²) in [5.74, 6) is 1.20. The monoisotopic (exact) mass is 541 g/mol. The summed E-state index contributed by atoms with van der Waals surface area (Å²) < 4.78 is 33.4. The summed E-state index contributed by atoms with van der Waals surface area (Å²) in [5.41, 5.74) is 2.48. The van der Waals surface area contributed by atoms with Crippen LogP contribution in [-0.4, -0.2) is 30.0 Å². The lowest BCUT2D eigenvalue weighted by Crippen LogP contribution is -2.17. The van der Waals surface area contributed by atoms with Crippen molar-refractivity contribution in [3.63, 3.8) is 0 Å². The van der Waals surface area contributed by atoms with Gasteiger partial charge in [0.1, 0.15) is 29.3 Å². The second-order valence-corrected chi connectivity index (χ2v) is 10.4. The van der Waals surface area contributed by atoms with Crippen molar-refractivity contribution < 1.29 is 17.3 Å². The predicted octanol–water partition coefficient (Wildman–Crippen LogP) is 4.98. The number of halogens is 1. The van der Waals surface area contributed by atoms with E-state index in [1.807, 2.05) is 42.5 Å². The van der Waals surface area contributed by atoms with Crippen LogP contribution in [0, 0.1) is 0 Å². The summed E-state index contributed by atoms with van der Waals surface area (Å²) in [5, 5.41) is 10.6. The van der Waals surface area contributed by atoms with E-state index in [-0.39, 0.29) is 6.61 Å². The number of fused-ring (bicyclic) bond motifs is 3. The van der Waals surface area contributed by atoms with Crippen molar-refractivity contribution in [2.24, 2.45) is 5.14 Å². The maximum Gasteiger partial charge on any atom is 0.333 e. The first-order valence-electron chi connectivity index (χ1n) is 10.8. The highest BCUT2D eigenvalue weighted by Gasteiger charge is 2.14. The van der Waals surface area contributed by atoms with E-state index >= 15 is 0 Å². The van der Waals surface area contributed by atoms with Gasteiger partial charge in [0.05, 0.1) is 22.7 Å². The maximum atomic E-state index is 11.0. The van der Waals surface area contributed by atoms with Crippen LogP contribution >= 0.6 is 22.9 Å². The first-order valence-corrected chi connectivity index (χ1v) is 13.4. The van der Waals surface area contributed by atoms with E-state index in [0.717, 1.165) is 37.2 Å². The number of nitrogens with zero attached hydrogens (tertiary/aromatic N) is 3. The molecular formula is C24H20ClN5O4S2. The molecule has 184 valence electrons. The topological polar surface area (TPSA) is 129 Å². The molecule has 3 heterocycles. The molecule has 0 unspecified atom stereocenters. The van der Waals surface area contributed by atoms with Crippen LogP contribution in [0.3, 0.4) is 0 Å². The summed E-state index contributed by atoms with van der Waals surface area (Å²) in [7, 11) is -3.96. The number of aromatic nitrogens is 3. The Bertz CT molecular complexity index is 1650. The van der Waals surface area contributed by atoms with Gasteiger partial charge in [0.15, 0.2) is 0 Å². The molecule has 0 saturated carbocycles. The molecule has 3 N–H and O–H groups in total. The number of nitrogens with one attached hydrogen (secondary N) is 1. The molecule has 0 fully saturated rings. The fourth-order valence-corrected chi connectivity index (χ4v) is 5.30. The highest BCUT2D eigenvalue weighted by Crippen LogP contribution is 2.38. The molecule has 3 aromatic heterocycles. The average Bonchev–Trinajstić information content (AvgIpc) is 3.22. The van der Waals surface area contributed by atoms with E-state index in [1.165, 1.54) is 17.7 Å². The Morgan fingerprint density at radius 2 is 1.94 bits per heavy atom. The van der Waals surface area contributed by atoms with Crippen molar-refractivity contribution in [3.05, 3.63) is 83.4 Å². The zero-order valence-electron chi connectivity index (χ0n) is 18.7. The largest absolute Gasteiger partial charge is 0.486 e. The fraction of sp³-hybridized carbons (Fsp3) is 0.125. The molecule has 0 bridgehead atoms. The van der Waals surface area contributed by atoms with Gasteiger partial charge in [-0.15, -0.1) is 11.3 Å². The molecule has 5 rings (SSSR count). The van der Waals surface area contributed by atoms with Gasteiger partial charge in [-0.05, 0) is 48.4 Å². The van der Waals surface area contributed by atoms with Gasteiger partial charge in [0, 0.05) is 22.0 Å². The van der Waals surface area contributed by atoms with E-state index in [2.05, 4.69) is 24.5 Å². The number of pyridine rings is 1. The molecule has 0 radical (unpaired) electrons. The summed E-state index contributed by atoms with van der Waals surface area (Å²) in [6.45, 7) is 0.293. The Balaban J connectivity index is 1.36. The molecular weight excluding hydrogens is 522 g/mol. The highest BCUT2D eigenvalue weighted by molar-refractivity contribution is 7.84. The number of benzene rings is 2. The zero-order chi connectivity index (χ0) is 25.1. The number of hydrogen-bond acceptors (Lipinski definition) is 9. The molecule has 0 amide bonds. The van der Waals surface area contributed by atoms with E-state index in [0.29, 0.717) is 29.6 Å². The molecule has 0 atom stereocenters. The zero-order valence-corrected chi connectivity index (χ0v) is 21.1. The summed E-state index contributed by atoms with van der Waals surface area (Å²) in [6.07, 6.45) is 3.63. The summed E-state index contributed by atoms with van der Waals surface area (Å²) in [6, 6.07) is 17.0. The first-order chi connectivity index (χ1) is 17.4. The maximum absolute atomic E-state index is 11.0. The van der Waals surface area contributed by atoms with Crippen LogP contribution < -0.4 is 15.2 Å². The second kappa shape index (κ2) is 10.3. The van der Waals surface area contributed by atoms with Crippen molar-refractivity contribution in [1.29, 1.82) is 0 Å². The van der Waals surface area contributed by atoms with Crippen LogP contribution in [0.4, 0.5) is 11.5 Å². The molecule has 0 saturated heterocycles. The minimum absolute atomic E-state index is 0.0236. The van der Waals surface area contributed by atoms with Gasteiger partial charge >= 0.3 is 10.3 Å². The molecule has 0 aliphatic carbocycles. The lowest BCUT2D eigenvalue weighted by Gasteiger charge is -2.11. The third-order valence-corrected chi connectivity index (χ3v) is 7.12. The molecule has 5 aromatic rings. The minimum Gasteiger partial charge on any atom is -0.486 e. The smallest absolute Gasteiger partial charge is 0.333 e. The average molecular weight is 542 g/mol. The van der Waals surface area contributed by atoms with Gasteiger partial charge in [-0.25, -0.2) is 15.1 Å². The Kier molecular flexibility index (Phi) is 6.99. The molecule has 12 heteroatoms. The Labute approximate surface area is 216 Å². The van der Waals surface area contributed by atoms with Crippen molar-refractivity contribution in [3.8, 4) is 5.75 Å². The number of thiophene rings is 1. The van der Waals surface area contributed by atoms with Crippen LogP contribution in [0.2, 0.25) is 5.02 Å². The lowest BCUT2D eigenvalue weighted by molar-refractivity contribution is 0.301. The number of ether oxygens (including phenoxy) is 1. The number of rotatable bonds is 9. The lowest BCUT2D eigenvalue weighted by atomic mass is 10.1. The molecule has 9 nitrogen and oxygen atoms in total. The quantitative estimate of drug-likeness (QED) is 0.267. The fourth-order valence-electron chi connectivity index (χ4n) is 3.64. The Hall–Kier alpha value is -3.35. The number of nitrogens with two attached hydrogens (primary N) is 1.